The van der Waals surface area contributed by atoms with E-state index in [4.69, 9.17) is 9.47 Å². The third-order valence-electron chi connectivity index (χ3n) is 3.74. The van der Waals surface area contributed by atoms with Gasteiger partial charge in [0.15, 0.2) is 0 Å². The van der Waals surface area contributed by atoms with Gasteiger partial charge in [0.1, 0.15) is 11.4 Å². The molecule has 1 heterocycles. The topological polar surface area (TPSA) is 76.1 Å². The Morgan fingerprint density at radius 1 is 1.17 bits per heavy atom. The van der Waals surface area contributed by atoms with E-state index in [2.05, 4.69) is 15.9 Å². The molecule has 0 unspecified atom stereocenters. The number of benzene rings is 1. The van der Waals surface area contributed by atoms with Crippen molar-refractivity contribution in [2.75, 3.05) is 13.1 Å². The van der Waals surface area contributed by atoms with Crippen molar-refractivity contribution in [1.82, 2.24) is 4.90 Å². The molecule has 0 aliphatic carbocycles. The summed E-state index contributed by atoms with van der Waals surface area (Å²) in [6, 6.07) is 7.02. The standard InChI is InChI=1S/C17H22BrNO5/c1-16(2,3)24-15(22)19-10-8-17(9-11-19,14(20)21)23-13-6-4-12(18)5-7-13/h4-7H,8-11H2,1-3H3,(H,20,21). The molecule has 0 atom stereocenters. The average molecular weight is 400 g/mol. The molecule has 0 spiro atoms. The zero-order valence-electron chi connectivity index (χ0n) is 14.0. The fraction of sp³-hybridized carbons (Fsp3) is 0.529. The number of halogens is 1. The van der Waals surface area contributed by atoms with E-state index in [1.54, 1.807) is 45.0 Å². The van der Waals surface area contributed by atoms with Crippen LogP contribution in [0.25, 0.3) is 0 Å². The second-order valence-electron chi connectivity index (χ2n) is 6.82. The van der Waals surface area contributed by atoms with Crippen molar-refractivity contribution in [3.63, 3.8) is 0 Å². The Kier molecular flexibility index (Phi) is 5.42. The number of hydrogen-bond acceptors (Lipinski definition) is 4. The molecule has 0 bridgehead atoms. The highest BCUT2D eigenvalue weighted by atomic mass is 79.9. The minimum Gasteiger partial charge on any atom is -0.478 e. The van der Waals surface area contributed by atoms with Crippen molar-refractivity contribution in [3.05, 3.63) is 28.7 Å². The van der Waals surface area contributed by atoms with Gasteiger partial charge in [0.2, 0.25) is 5.60 Å². The highest BCUT2D eigenvalue weighted by molar-refractivity contribution is 9.10. The monoisotopic (exact) mass is 399 g/mol. The minimum absolute atomic E-state index is 0.206. The van der Waals surface area contributed by atoms with E-state index in [9.17, 15) is 14.7 Å². The number of carboxylic acids is 1. The summed E-state index contributed by atoms with van der Waals surface area (Å²) in [6.45, 7) is 5.95. The first-order valence-electron chi connectivity index (χ1n) is 7.77. The number of carbonyl (C=O) groups is 2. The third kappa shape index (κ3) is 4.63. The Hall–Kier alpha value is -1.76. The molecule has 7 heteroatoms. The maximum absolute atomic E-state index is 12.1. The maximum Gasteiger partial charge on any atom is 0.410 e. The van der Waals surface area contributed by atoms with Gasteiger partial charge in [0.25, 0.3) is 0 Å². The second kappa shape index (κ2) is 7.01. The molecular weight excluding hydrogens is 378 g/mol. The molecule has 132 valence electrons. The minimum atomic E-state index is -1.33. The summed E-state index contributed by atoms with van der Waals surface area (Å²) < 4.78 is 12.0. The molecule has 0 radical (unpaired) electrons. The molecule has 6 nitrogen and oxygen atoms in total. The summed E-state index contributed by atoms with van der Waals surface area (Å²) in [4.78, 5) is 25.4. The zero-order chi connectivity index (χ0) is 18.0. The molecule has 1 fully saturated rings. The largest absolute Gasteiger partial charge is 0.478 e. The van der Waals surface area contributed by atoms with Crippen LogP contribution in [0.1, 0.15) is 33.6 Å². The van der Waals surface area contributed by atoms with Crippen LogP contribution in [0.3, 0.4) is 0 Å². The fourth-order valence-corrected chi connectivity index (χ4v) is 2.73. The van der Waals surface area contributed by atoms with Crippen molar-refractivity contribution in [2.24, 2.45) is 0 Å². The number of carbonyl (C=O) groups excluding carboxylic acids is 1. The Morgan fingerprint density at radius 2 is 1.71 bits per heavy atom. The number of rotatable bonds is 3. The maximum atomic E-state index is 12.1. The lowest BCUT2D eigenvalue weighted by Crippen LogP contribution is -2.54. The van der Waals surface area contributed by atoms with Gasteiger partial charge in [-0.25, -0.2) is 9.59 Å². The van der Waals surface area contributed by atoms with Crippen LogP contribution in [0.4, 0.5) is 4.79 Å². The lowest BCUT2D eigenvalue weighted by molar-refractivity contribution is -0.159. The van der Waals surface area contributed by atoms with Crippen molar-refractivity contribution < 1.29 is 24.2 Å². The van der Waals surface area contributed by atoms with Gasteiger partial charge in [-0.3, -0.25) is 0 Å². The van der Waals surface area contributed by atoms with E-state index in [0.717, 1.165) is 4.47 Å². The van der Waals surface area contributed by atoms with Gasteiger partial charge in [-0.15, -0.1) is 0 Å². The lowest BCUT2D eigenvalue weighted by atomic mass is 9.91. The predicted molar refractivity (Wildman–Crippen MR) is 92.2 cm³/mol. The summed E-state index contributed by atoms with van der Waals surface area (Å²) in [7, 11) is 0. The van der Waals surface area contributed by atoms with Crippen molar-refractivity contribution in [3.8, 4) is 5.75 Å². The molecule has 1 N–H and O–H groups in total. The molecule has 24 heavy (non-hydrogen) atoms. The first kappa shape index (κ1) is 18.6. The number of aliphatic carboxylic acids is 1. The Morgan fingerprint density at radius 3 is 2.17 bits per heavy atom. The van der Waals surface area contributed by atoms with E-state index in [1.807, 2.05) is 0 Å². The van der Waals surface area contributed by atoms with Crippen molar-refractivity contribution >= 4 is 28.0 Å². The molecule has 0 aromatic heterocycles. The molecule has 1 aromatic rings. The van der Waals surface area contributed by atoms with Gasteiger partial charge < -0.3 is 19.5 Å². The number of ether oxygens (including phenoxy) is 2. The van der Waals surface area contributed by atoms with E-state index < -0.39 is 23.3 Å². The van der Waals surface area contributed by atoms with Gasteiger partial charge in [-0.1, -0.05) is 15.9 Å². The molecule has 0 saturated carbocycles. The summed E-state index contributed by atoms with van der Waals surface area (Å²) >= 11 is 3.33. The number of hydrogen-bond donors (Lipinski definition) is 1. The normalized spacial score (nSPS) is 17.2. The summed E-state index contributed by atoms with van der Waals surface area (Å²) in [6.07, 6.45) is -0.0138. The molecule has 1 aromatic carbocycles. The Bertz CT molecular complexity index is 600. The van der Waals surface area contributed by atoms with Crippen LogP contribution in [0, 0.1) is 0 Å². The van der Waals surface area contributed by atoms with E-state index in [0.29, 0.717) is 5.75 Å². The molecule has 1 aliphatic heterocycles. The van der Waals surface area contributed by atoms with Crippen LogP contribution in [-0.2, 0) is 9.53 Å². The van der Waals surface area contributed by atoms with E-state index in [-0.39, 0.29) is 25.9 Å². The quantitative estimate of drug-likeness (QED) is 0.838. The smallest absolute Gasteiger partial charge is 0.410 e. The van der Waals surface area contributed by atoms with Crippen LogP contribution in [0.5, 0.6) is 5.75 Å². The summed E-state index contributed by atoms with van der Waals surface area (Å²) in [5.41, 5.74) is -1.90. The molecule has 1 amide bonds. The molecule has 2 rings (SSSR count). The van der Waals surface area contributed by atoms with Crippen molar-refractivity contribution in [2.45, 2.75) is 44.8 Å². The van der Waals surface area contributed by atoms with Crippen LogP contribution >= 0.6 is 15.9 Å². The van der Waals surface area contributed by atoms with E-state index in [1.165, 1.54) is 4.90 Å². The summed E-state index contributed by atoms with van der Waals surface area (Å²) in [5.74, 6) is -0.527. The van der Waals surface area contributed by atoms with Gasteiger partial charge >= 0.3 is 12.1 Å². The van der Waals surface area contributed by atoms with Crippen LogP contribution in [0.2, 0.25) is 0 Å². The van der Waals surface area contributed by atoms with E-state index >= 15 is 0 Å². The predicted octanol–water partition coefficient (Wildman–Crippen LogP) is 3.68. The van der Waals surface area contributed by atoms with Crippen molar-refractivity contribution in [1.29, 1.82) is 0 Å². The van der Waals surface area contributed by atoms with Gasteiger partial charge in [0.05, 0.1) is 0 Å². The highest BCUT2D eigenvalue weighted by Gasteiger charge is 2.45. The second-order valence-corrected chi connectivity index (χ2v) is 7.74. The highest BCUT2D eigenvalue weighted by Crippen LogP contribution is 2.30. The van der Waals surface area contributed by atoms with Gasteiger partial charge in [-0.2, -0.15) is 0 Å². The van der Waals surface area contributed by atoms with Crippen LogP contribution < -0.4 is 4.74 Å². The first-order valence-corrected chi connectivity index (χ1v) is 8.56. The van der Waals surface area contributed by atoms with Crippen LogP contribution in [0.15, 0.2) is 28.7 Å². The summed E-state index contributed by atoms with van der Waals surface area (Å²) in [5, 5.41) is 9.65. The number of nitrogens with zero attached hydrogens (tertiary/aromatic N) is 1. The number of amides is 1. The molecular formula is C17H22BrNO5. The average Bonchev–Trinajstić information content (AvgIpc) is 2.48. The molecule has 1 aliphatic rings. The fourth-order valence-electron chi connectivity index (χ4n) is 2.46. The van der Waals surface area contributed by atoms with Gasteiger partial charge in [-0.05, 0) is 45.0 Å². The SMILES string of the molecule is CC(C)(C)OC(=O)N1CCC(Oc2ccc(Br)cc2)(C(=O)O)CC1. The number of piperidine rings is 1. The Labute approximate surface area is 149 Å². The zero-order valence-corrected chi connectivity index (χ0v) is 15.6. The Balaban J connectivity index is 2.05. The lowest BCUT2D eigenvalue weighted by Gasteiger charge is -2.39. The third-order valence-corrected chi connectivity index (χ3v) is 4.27. The van der Waals surface area contributed by atoms with Gasteiger partial charge in [0, 0.05) is 30.4 Å². The first-order chi connectivity index (χ1) is 11.1. The number of likely N-dealkylation sites (tertiary alicyclic amines) is 1. The molecule has 1 saturated heterocycles. The number of carboxylic acid groups (broad SMARTS) is 1. The van der Waals surface area contributed by atoms with Crippen LogP contribution in [-0.4, -0.2) is 46.4 Å².